The van der Waals surface area contributed by atoms with Gasteiger partial charge >= 0.3 is 0 Å². The summed E-state index contributed by atoms with van der Waals surface area (Å²) < 4.78 is 0. The summed E-state index contributed by atoms with van der Waals surface area (Å²) in [5.41, 5.74) is 11.5. The summed E-state index contributed by atoms with van der Waals surface area (Å²) in [5, 5.41) is 1.80. The van der Waals surface area contributed by atoms with E-state index in [1.165, 1.54) is 17.5 Å². The van der Waals surface area contributed by atoms with Crippen LogP contribution in [0.25, 0.3) is 0 Å². The molecule has 0 spiro atoms. The van der Waals surface area contributed by atoms with E-state index >= 15 is 0 Å². The number of nitrogens with one attached hydrogen (secondary N) is 2. The molecule has 2 rings (SSSR count). The van der Waals surface area contributed by atoms with Crippen molar-refractivity contribution in [2.75, 3.05) is 5.73 Å². The third-order valence-corrected chi connectivity index (χ3v) is 3.51. The molecule has 0 atom stereocenters. The molecule has 0 fully saturated rings. The molecule has 2 aromatic heterocycles. The van der Waals surface area contributed by atoms with Crippen LogP contribution in [-0.4, -0.2) is 29.6 Å². The molecule has 2 amide bonds. The largest absolute Gasteiger partial charge is 0.382 e. The third-order valence-electron chi connectivity index (χ3n) is 2.49. The van der Waals surface area contributed by atoms with Gasteiger partial charge in [0.15, 0.2) is 19.4 Å². The van der Waals surface area contributed by atoms with Crippen LogP contribution in [0.2, 0.25) is 0 Å². The highest BCUT2D eigenvalue weighted by atomic mass is 32.1. The normalized spacial score (nSPS) is 10.1. The Morgan fingerprint density at radius 2 is 2.05 bits per heavy atom. The fourth-order valence-corrected chi connectivity index (χ4v) is 2.31. The number of carbonyl (C=O) groups excluding carboxylic acids is 2. The Morgan fingerprint density at radius 1 is 1.35 bits per heavy atom. The maximum atomic E-state index is 11.9. The quantitative estimate of drug-likeness (QED) is 0.473. The number of nitrogens with zero attached hydrogens (tertiary/aromatic N) is 2. The lowest BCUT2D eigenvalue weighted by Gasteiger charge is -2.08. The maximum absolute atomic E-state index is 11.9. The number of nitrogens with two attached hydrogens (primary N) is 1. The molecule has 2 aromatic rings. The number of anilines is 1. The number of thiophene rings is 1. The molecule has 20 heavy (non-hydrogen) atoms. The first-order valence-corrected chi connectivity index (χ1v) is 6.61. The summed E-state index contributed by atoms with van der Waals surface area (Å²) in [7, 11) is 1.69. The zero-order valence-electron chi connectivity index (χ0n) is 10.9. The van der Waals surface area contributed by atoms with E-state index in [9.17, 15) is 9.59 Å². The molecule has 0 aliphatic rings. The van der Waals surface area contributed by atoms with Gasteiger partial charge in [-0.05, 0) is 23.9 Å². The van der Waals surface area contributed by atoms with Gasteiger partial charge in [-0.15, -0.1) is 11.3 Å². The molecular weight excluding hydrogens is 277 g/mol. The van der Waals surface area contributed by atoms with Crippen molar-refractivity contribution in [2.45, 2.75) is 6.92 Å². The number of aromatic nitrogens is 2. The van der Waals surface area contributed by atoms with Crippen LogP contribution in [0.1, 0.15) is 25.7 Å². The first-order chi connectivity index (χ1) is 9.49. The Labute approximate surface area is 120 Å². The van der Waals surface area contributed by atoms with Crippen LogP contribution in [0.5, 0.6) is 0 Å². The van der Waals surface area contributed by atoms with Crippen LogP contribution >= 0.6 is 11.3 Å². The van der Waals surface area contributed by atoms with Crippen molar-refractivity contribution in [1.82, 2.24) is 20.8 Å². The summed E-state index contributed by atoms with van der Waals surface area (Å²) in [6, 6.07) is 1.82. The van der Waals surface area contributed by atoms with E-state index in [0.717, 1.165) is 5.56 Å². The fraction of sp³-hybridized carbons (Fsp3) is 0.0909. The molecule has 0 bridgehead atoms. The standard InChI is InChI=1S/C11H12BN5O2S/c1-5-2-3-20-8(5)11(19)17-16-10(18)7-9(13)14-4-6(12)15-7/h2-4H,12H2,1H3,(H2,13,14)(H,16,18)(H,17,19). The zero-order valence-corrected chi connectivity index (χ0v) is 11.7. The minimum atomic E-state index is -0.610. The molecule has 0 radical (unpaired) electrons. The van der Waals surface area contributed by atoms with Gasteiger partial charge in [0.2, 0.25) is 0 Å². The Hall–Kier alpha value is -2.42. The lowest BCUT2D eigenvalue weighted by molar-refractivity contribution is 0.0846. The molecule has 0 aliphatic carbocycles. The number of amides is 2. The highest BCUT2D eigenvalue weighted by molar-refractivity contribution is 7.12. The molecular formula is C11H12BN5O2S. The first-order valence-electron chi connectivity index (χ1n) is 5.73. The number of carbonyl (C=O) groups is 2. The Bertz CT molecular complexity index is 673. The van der Waals surface area contributed by atoms with Gasteiger partial charge in [0, 0.05) is 11.8 Å². The van der Waals surface area contributed by atoms with Crippen molar-refractivity contribution in [3.05, 3.63) is 33.8 Å². The number of hydrogen-bond acceptors (Lipinski definition) is 6. The van der Waals surface area contributed by atoms with Gasteiger partial charge < -0.3 is 5.73 Å². The van der Waals surface area contributed by atoms with E-state index in [1.807, 2.05) is 13.0 Å². The molecule has 102 valence electrons. The fourth-order valence-electron chi connectivity index (χ4n) is 1.49. The highest BCUT2D eigenvalue weighted by Crippen LogP contribution is 2.14. The van der Waals surface area contributed by atoms with E-state index in [0.29, 0.717) is 10.5 Å². The lowest BCUT2D eigenvalue weighted by atomic mass is 10.1. The average molecular weight is 289 g/mol. The van der Waals surface area contributed by atoms with Crippen LogP contribution in [-0.2, 0) is 0 Å². The van der Waals surface area contributed by atoms with Gasteiger partial charge in [0.05, 0.1) is 4.88 Å². The minimum Gasteiger partial charge on any atom is -0.382 e. The topological polar surface area (TPSA) is 110 Å². The SMILES string of the molecule is Bc1cnc(N)c(C(=O)NNC(=O)c2sccc2C)n1. The van der Waals surface area contributed by atoms with E-state index < -0.39 is 5.91 Å². The highest BCUT2D eigenvalue weighted by Gasteiger charge is 2.15. The van der Waals surface area contributed by atoms with Gasteiger partial charge in [0.25, 0.3) is 11.8 Å². The van der Waals surface area contributed by atoms with Crippen LogP contribution in [0.4, 0.5) is 5.82 Å². The van der Waals surface area contributed by atoms with Crippen molar-refractivity contribution >= 4 is 42.4 Å². The molecule has 2 heterocycles. The molecule has 0 saturated heterocycles. The van der Waals surface area contributed by atoms with Crippen molar-refractivity contribution < 1.29 is 9.59 Å². The van der Waals surface area contributed by atoms with Crippen molar-refractivity contribution in [3.63, 3.8) is 0 Å². The van der Waals surface area contributed by atoms with Gasteiger partial charge in [-0.3, -0.25) is 25.4 Å². The third kappa shape index (κ3) is 2.94. The zero-order chi connectivity index (χ0) is 14.7. The second kappa shape index (κ2) is 5.70. The van der Waals surface area contributed by atoms with Gasteiger partial charge in [-0.25, -0.2) is 4.98 Å². The summed E-state index contributed by atoms with van der Waals surface area (Å²) in [6.45, 7) is 1.82. The number of rotatable bonds is 2. The van der Waals surface area contributed by atoms with E-state index in [-0.39, 0.29) is 17.4 Å². The summed E-state index contributed by atoms with van der Waals surface area (Å²) in [4.78, 5) is 32.1. The average Bonchev–Trinajstić information content (AvgIpc) is 2.84. The summed E-state index contributed by atoms with van der Waals surface area (Å²) in [6.07, 6.45) is 1.46. The van der Waals surface area contributed by atoms with Crippen molar-refractivity contribution in [2.24, 2.45) is 0 Å². The maximum Gasteiger partial charge on any atom is 0.292 e. The summed E-state index contributed by atoms with van der Waals surface area (Å²) >= 11 is 1.29. The predicted octanol–water partition coefficient (Wildman–Crippen LogP) is -1.24. The van der Waals surface area contributed by atoms with Crippen LogP contribution in [0.3, 0.4) is 0 Å². The van der Waals surface area contributed by atoms with Crippen molar-refractivity contribution in [1.29, 1.82) is 0 Å². The lowest BCUT2D eigenvalue weighted by Crippen LogP contribution is -2.42. The Morgan fingerprint density at radius 3 is 2.70 bits per heavy atom. The number of nitrogen functional groups attached to an aromatic ring is 1. The van der Waals surface area contributed by atoms with Crippen LogP contribution in [0, 0.1) is 6.92 Å². The van der Waals surface area contributed by atoms with E-state index in [4.69, 9.17) is 5.73 Å². The minimum absolute atomic E-state index is 0.00894. The molecule has 0 aromatic carbocycles. The Balaban J connectivity index is 2.04. The predicted molar refractivity (Wildman–Crippen MR) is 78.6 cm³/mol. The van der Waals surface area contributed by atoms with Crippen LogP contribution < -0.4 is 22.2 Å². The van der Waals surface area contributed by atoms with E-state index in [2.05, 4.69) is 20.8 Å². The van der Waals surface area contributed by atoms with Gasteiger partial charge in [-0.1, -0.05) is 0 Å². The van der Waals surface area contributed by atoms with Gasteiger partial charge in [0.1, 0.15) is 0 Å². The number of hydrogen-bond donors (Lipinski definition) is 3. The van der Waals surface area contributed by atoms with Gasteiger partial charge in [-0.2, -0.15) is 0 Å². The second-order valence-electron chi connectivity index (χ2n) is 4.09. The Kier molecular flexibility index (Phi) is 3.99. The molecule has 0 aliphatic heterocycles. The molecule has 0 unspecified atom stereocenters. The van der Waals surface area contributed by atoms with E-state index in [1.54, 1.807) is 13.2 Å². The number of aryl methyl sites for hydroxylation is 1. The molecule has 9 heteroatoms. The summed E-state index contributed by atoms with van der Waals surface area (Å²) in [5.74, 6) is -0.985. The second-order valence-corrected chi connectivity index (χ2v) is 5.00. The first kappa shape index (κ1) is 14.0. The van der Waals surface area contributed by atoms with Crippen LogP contribution in [0.15, 0.2) is 17.6 Å². The molecule has 4 N–H and O–H groups in total. The monoisotopic (exact) mass is 289 g/mol. The number of hydrazine groups is 1. The molecule has 0 saturated carbocycles. The smallest absolute Gasteiger partial charge is 0.292 e. The van der Waals surface area contributed by atoms with Crippen molar-refractivity contribution in [3.8, 4) is 0 Å². The molecule has 7 nitrogen and oxygen atoms in total.